The van der Waals surface area contributed by atoms with Gasteiger partial charge in [0.2, 0.25) is 0 Å². The van der Waals surface area contributed by atoms with Crippen LogP contribution in [-0.4, -0.2) is 18.5 Å². The lowest BCUT2D eigenvalue weighted by Gasteiger charge is -2.06. The topological polar surface area (TPSA) is 55.4 Å². The summed E-state index contributed by atoms with van der Waals surface area (Å²) in [5.74, 6) is -1.02. The number of rotatable bonds is 4. The largest absolute Gasteiger partial charge is 0.451 e. The summed E-state index contributed by atoms with van der Waals surface area (Å²) < 4.78 is 5.36. The van der Waals surface area contributed by atoms with Crippen LogP contribution in [0.2, 0.25) is 9.36 Å². The first-order chi connectivity index (χ1) is 9.54. The Kier molecular flexibility index (Phi) is 5.00. The Labute approximate surface area is 129 Å². The number of nitrogens with one attached hydrogen (secondary N) is 1. The second-order valence-electron chi connectivity index (χ2n) is 3.74. The number of ether oxygens (including phenoxy) is 1. The summed E-state index contributed by atoms with van der Waals surface area (Å²) in [4.78, 5) is 23.6. The summed E-state index contributed by atoms with van der Waals surface area (Å²) >= 11 is 12.6. The highest BCUT2D eigenvalue weighted by Gasteiger charge is 2.12. The fraction of sp³-hybridized carbons (Fsp3) is 0.0769. The van der Waals surface area contributed by atoms with E-state index >= 15 is 0 Å². The minimum Gasteiger partial charge on any atom is -0.451 e. The van der Waals surface area contributed by atoms with Crippen molar-refractivity contribution in [2.24, 2.45) is 0 Å². The lowest BCUT2D eigenvalue weighted by molar-refractivity contribution is -0.119. The molecule has 0 bridgehead atoms. The minimum absolute atomic E-state index is 0.352. The number of hydrogen-bond donors (Lipinski definition) is 1. The van der Waals surface area contributed by atoms with Gasteiger partial charge in [-0.15, -0.1) is 11.3 Å². The van der Waals surface area contributed by atoms with Gasteiger partial charge in [0.25, 0.3) is 5.91 Å². The first-order valence-corrected chi connectivity index (χ1v) is 7.10. The molecule has 0 aliphatic carbocycles. The van der Waals surface area contributed by atoms with Gasteiger partial charge in [-0.05, 0) is 30.3 Å². The Morgan fingerprint density at radius 3 is 2.65 bits per heavy atom. The molecule has 0 radical (unpaired) electrons. The third kappa shape index (κ3) is 4.23. The molecule has 1 N–H and O–H groups in total. The molecule has 0 saturated carbocycles. The molecule has 4 nitrogen and oxygen atoms in total. The quantitative estimate of drug-likeness (QED) is 0.867. The number of hydrogen-bond acceptors (Lipinski definition) is 4. The van der Waals surface area contributed by atoms with Crippen LogP contribution in [0.4, 0.5) is 5.69 Å². The van der Waals surface area contributed by atoms with Gasteiger partial charge in [0.1, 0.15) is 4.88 Å². The Balaban J connectivity index is 1.85. The summed E-state index contributed by atoms with van der Waals surface area (Å²) in [6.07, 6.45) is 0. The van der Waals surface area contributed by atoms with E-state index in [-0.39, 0.29) is 6.61 Å². The van der Waals surface area contributed by atoms with Crippen molar-refractivity contribution in [3.05, 3.63) is 50.6 Å². The lowest BCUT2D eigenvalue weighted by Crippen LogP contribution is -2.20. The van der Waals surface area contributed by atoms with Crippen LogP contribution in [0.1, 0.15) is 9.67 Å². The van der Waals surface area contributed by atoms with E-state index in [0.717, 1.165) is 11.3 Å². The lowest BCUT2D eigenvalue weighted by atomic mass is 10.3. The number of carbonyl (C=O) groups is 2. The van der Waals surface area contributed by atoms with E-state index < -0.39 is 11.9 Å². The van der Waals surface area contributed by atoms with E-state index in [2.05, 4.69) is 5.32 Å². The van der Waals surface area contributed by atoms with Gasteiger partial charge in [-0.1, -0.05) is 29.3 Å². The van der Waals surface area contributed by atoms with Crippen molar-refractivity contribution in [2.45, 2.75) is 0 Å². The Hall–Kier alpha value is -1.56. The standard InChI is InChI=1S/C13H9Cl2NO3S/c14-8-2-1-3-9(6-8)16-12(17)7-19-13(18)10-4-5-11(15)20-10/h1-6H,7H2,(H,16,17). The second kappa shape index (κ2) is 6.74. The summed E-state index contributed by atoms with van der Waals surface area (Å²) in [5, 5.41) is 3.08. The van der Waals surface area contributed by atoms with Crippen LogP contribution in [0.5, 0.6) is 0 Å². The average Bonchev–Trinajstić information content (AvgIpc) is 2.83. The van der Waals surface area contributed by atoms with Crippen molar-refractivity contribution < 1.29 is 14.3 Å². The molecule has 0 saturated heterocycles. The van der Waals surface area contributed by atoms with Crippen LogP contribution in [-0.2, 0) is 9.53 Å². The fourth-order valence-corrected chi connectivity index (χ4v) is 2.52. The number of halogens is 2. The van der Waals surface area contributed by atoms with Crippen molar-refractivity contribution in [1.82, 2.24) is 0 Å². The number of esters is 1. The summed E-state index contributed by atoms with van der Waals surface area (Å²) in [6, 6.07) is 9.82. The van der Waals surface area contributed by atoms with Gasteiger partial charge >= 0.3 is 5.97 Å². The third-order valence-electron chi connectivity index (χ3n) is 2.22. The maximum Gasteiger partial charge on any atom is 0.348 e. The maximum absolute atomic E-state index is 11.6. The van der Waals surface area contributed by atoms with Crippen LogP contribution in [0, 0.1) is 0 Å². The SMILES string of the molecule is O=C(COC(=O)c1ccc(Cl)s1)Nc1cccc(Cl)c1. The van der Waals surface area contributed by atoms with Gasteiger partial charge < -0.3 is 10.1 Å². The highest BCUT2D eigenvalue weighted by Crippen LogP contribution is 2.22. The fourth-order valence-electron chi connectivity index (χ4n) is 1.39. The van der Waals surface area contributed by atoms with E-state index in [1.54, 1.807) is 36.4 Å². The first kappa shape index (κ1) is 14.8. The number of amides is 1. The minimum atomic E-state index is -0.580. The van der Waals surface area contributed by atoms with E-state index in [1.807, 2.05) is 0 Å². The van der Waals surface area contributed by atoms with Crippen molar-refractivity contribution in [1.29, 1.82) is 0 Å². The van der Waals surface area contributed by atoms with Crippen molar-refractivity contribution >= 4 is 52.1 Å². The van der Waals surface area contributed by atoms with Crippen molar-refractivity contribution in [2.75, 3.05) is 11.9 Å². The molecule has 2 rings (SSSR count). The molecule has 0 aliphatic heterocycles. The molecule has 1 heterocycles. The van der Waals surface area contributed by atoms with Gasteiger partial charge in [-0.3, -0.25) is 4.79 Å². The van der Waals surface area contributed by atoms with Gasteiger partial charge in [0, 0.05) is 10.7 Å². The monoisotopic (exact) mass is 329 g/mol. The Bertz CT molecular complexity index is 642. The Morgan fingerprint density at radius 2 is 2.00 bits per heavy atom. The average molecular weight is 330 g/mol. The van der Waals surface area contributed by atoms with Crippen molar-refractivity contribution in [3.8, 4) is 0 Å². The van der Waals surface area contributed by atoms with Gasteiger partial charge in [-0.2, -0.15) is 0 Å². The molecule has 0 atom stereocenters. The number of benzene rings is 1. The number of thiophene rings is 1. The molecule has 7 heteroatoms. The van der Waals surface area contributed by atoms with Gasteiger partial charge in [-0.25, -0.2) is 4.79 Å². The Morgan fingerprint density at radius 1 is 1.20 bits per heavy atom. The molecule has 0 unspecified atom stereocenters. The normalized spacial score (nSPS) is 10.1. The predicted octanol–water partition coefficient (Wildman–Crippen LogP) is 3.85. The molecule has 1 aromatic carbocycles. The molecule has 1 aromatic heterocycles. The molecule has 0 fully saturated rings. The molecule has 104 valence electrons. The molecule has 2 aromatic rings. The van der Waals surface area contributed by atoms with Gasteiger partial charge in [0.05, 0.1) is 4.34 Å². The molecular formula is C13H9Cl2NO3S. The zero-order valence-corrected chi connectivity index (χ0v) is 12.4. The smallest absolute Gasteiger partial charge is 0.348 e. The maximum atomic E-state index is 11.6. The molecule has 0 spiro atoms. The van der Waals surface area contributed by atoms with E-state index in [1.165, 1.54) is 0 Å². The number of carbonyl (C=O) groups excluding carboxylic acids is 2. The summed E-state index contributed by atoms with van der Waals surface area (Å²) in [5.41, 5.74) is 0.540. The molecular weight excluding hydrogens is 321 g/mol. The van der Waals surface area contributed by atoms with Crippen molar-refractivity contribution in [3.63, 3.8) is 0 Å². The van der Waals surface area contributed by atoms with E-state index in [4.69, 9.17) is 27.9 Å². The van der Waals surface area contributed by atoms with E-state index in [9.17, 15) is 9.59 Å². The molecule has 0 aliphatic rings. The van der Waals surface area contributed by atoms with Gasteiger partial charge in [0.15, 0.2) is 6.61 Å². The highest BCUT2D eigenvalue weighted by atomic mass is 35.5. The predicted molar refractivity (Wildman–Crippen MR) is 79.7 cm³/mol. The zero-order chi connectivity index (χ0) is 14.5. The van der Waals surface area contributed by atoms with Crippen LogP contribution >= 0.6 is 34.5 Å². The zero-order valence-electron chi connectivity index (χ0n) is 10.1. The number of anilines is 1. The van der Waals surface area contributed by atoms with Crippen LogP contribution in [0.25, 0.3) is 0 Å². The van der Waals surface area contributed by atoms with Crippen LogP contribution in [0.15, 0.2) is 36.4 Å². The van der Waals surface area contributed by atoms with Crippen LogP contribution in [0.3, 0.4) is 0 Å². The summed E-state index contributed by atoms with van der Waals surface area (Å²) in [6.45, 7) is -0.374. The van der Waals surface area contributed by atoms with Crippen LogP contribution < -0.4 is 5.32 Å². The second-order valence-corrected chi connectivity index (χ2v) is 5.89. The molecule has 20 heavy (non-hydrogen) atoms. The van der Waals surface area contributed by atoms with E-state index in [0.29, 0.717) is 19.9 Å². The third-order valence-corrected chi connectivity index (χ3v) is 3.66. The summed E-state index contributed by atoms with van der Waals surface area (Å²) in [7, 11) is 0. The highest BCUT2D eigenvalue weighted by molar-refractivity contribution is 7.17. The first-order valence-electron chi connectivity index (χ1n) is 5.52. The molecule has 1 amide bonds.